The largest absolute Gasteiger partial charge is 0.459 e. The Kier molecular flexibility index (Phi) is 5.85. The first-order chi connectivity index (χ1) is 14.1. The van der Waals surface area contributed by atoms with Gasteiger partial charge in [0.2, 0.25) is 5.91 Å². The normalized spacial score (nSPS) is 21.2. The average molecular weight is 396 g/mol. The van der Waals surface area contributed by atoms with Crippen LogP contribution in [0.4, 0.5) is 5.69 Å². The first-order valence-corrected chi connectivity index (χ1v) is 10.3. The second-order valence-electron chi connectivity index (χ2n) is 7.76. The van der Waals surface area contributed by atoms with Crippen LogP contribution in [0.2, 0.25) is 0 Å². The number of furan rings is 1. The molecule has 1 aromatic heterocycles. The molecule has 4 rings (SSSR count). The average Bonchev–Trinajstić information content (AvgIpc) is 3.45. The third kappa shape index (κ3) is 4.45. The van der Waals surface area contributed by atoms with Gasteiger partial charge >= 0.3 is 0 Å². The molecule has 29 heavy (non-hydrogen) atoms. The number of rotatable bonds is 5. The Morgan fingerprint density at radius 2 is 1.72 bits per heavy atom. The molecule has 2 aromatic rings. The van der Waals surface area contributed by atoms with Crippen molar-refractivity contribution in [2.75, 3.05) is 44.6 Å². The summed E-state index contributed by atoms with van der Waals surface area (Å²) < 4.78 is 5.20. The van der Waals surface area contributed by atoms with Crippen LogP contribution in [0.15, 0.2) is 53.1 Å². The van der Waals surface area contributed by atoms with E-state index in [1.54, 1.807) is 17.0 Å². The van der Waals surface area contributed by atoms with Gasteiger partial charge in [-0.25, -0.2) is 0 Å². The van der Waals surface area contributed by atoms with Crippen LogP contribution in [-0.4, -0.2) is 77.9 Å². The van der Waals surface area contributed by atoms with E-state index in [9.17, 15) is 9.59 Å². The molecule has 0 aliphatic carbocycles. The van der Waals surface area contributed by atoms with E-state index in [0.717, 1.165) is 25.2 Å². The van der Waals surface area contributed by atoms with Crippen molar-refractivity contribution in [2.45, 2.75) is 25.4 Å². The quantitative estimate of drug-likeness (QED) is 0.839. The zero-order chi connectivity index (χ0) is 20.2. The number of anilines is 1. The Hall–Kier alpha value is -2.80. The molecule has 2 aliphatic rings. The van der Waals surface area contributed by atoms with Gasteiger partial charge in [0.1, 0.15) is 0 Å². The molecule has 2 atom stereocenters. The van der Waals surface area contributed by atoms with Crippen molar-refractivity contribution in [3.05, 3.63) is 54.5 Å². The van der Waals surface area contributed by atoms with Crippen molar-refractivity contribution >= 4 is 17.5 Å². The van der Waals surface area contributed by atoms with E-state index in [0.29, 0.717) is 38.0 Å². The highest BCUT2D eigenvalue weighted by molar-refractivity contribution is 5.91. The van der Waals surface area contributed by atoms with Crippen LogP contribution in [0.3, 0.4) is 0 Å². The maximum Gasteiger partial charge on any atom is 0.289 e. The SMILES string of the molecule is CC(C(=O)N1CCN(C(=O)c2ccco2)CC1)N1CCC(Nc2ccccc2)C1. The topological polar surface area (TPSA) is 69.0 Å². The molecule has 0 saturated carbocycles. The number of hydrogen-bond acceptors (Lipinski definition) is 5. The van der Waals surface area contributed by atoms with Crippen LogP contribution in [0.25, 0.3) is 0 Å². The molecule has 0 bridgehead atoms. The number of para-hydroxylation sites is 1. The predicted octanol–water partition coefficient (Wildman–Crippen LogP) is 2.14. The number of nitrogens with zero attached hydrogens (tertiary/aromatic N) is 3. The van der Waals surface area contributed by atoms with Crippen LogP contribution in [0.5, 0.6) is 0 Å². The van der Waals surface area contributed by atoms with Gasteiger partial charge < -0.3 is 19.5 Å². The molecule has 7 heteroatoms. The van der Waals surface area contributed by atoms with Gasteiger partial charge in [-0.3, -0.25) is 14.5 Å². The Bertz CT molecular complexity index is 816. The maximum absolute atomic E-state index is 13.0. The van der Waals surface area contributed by atoms with Crippen molar-refractivity contribution < 1.29 is 14.0 Å². The molecule has 2 aliphatic heterocycles. The second-order valence-corrected chi connectivity index (χ2v) is 7.76. The van der Waals surface area contributed by atoms with Crippen molar-refractivity contribution in [3.8, 4) is 0 Å². The monoisotopic (exact) mass is 396 g/mol. The molecule has 2 amide bonds. The Morgan fingerprint density at radius 3 is 2.41 bits per heavy atom. The van der Waals surface area contributed by atoms with E-state index in [-0.39, 0.29) is 17.9 Å². The standard InChI is InChI=1S/C22H28N4O3/c1-17(26-10-9-19(16-26)23-18-6-3-2-4-7-18)21(27)24-11-13-25(14-12-24)22(28)20-8-5-15-29-20/h2-8,15,17,19,23H,9-14,16H2,1H3. The molecule has 2 saturated heterocycles. The van der Waals surface area contributed by atoms with Crippen LogP contribution < -0.4 is 5.32 Å². The molecule has 0 radical (unpaired) electrons. The first kappa shape index (κ1) is 19.5. The van der Waals surface area contributed by atoms with E-state index < -0.39 is 0 Å². The number of benzene rings is 1. The number of nitrogens with one attached hydrogen (secondary N) is 1. The molecule has 3 heterocycles. The fourth-order valence-corrected chi connectivity index (χ4v) is 4.13. The summed E-state index contributed by atoms with van der Waals surface area (Å²) in [6.45, 7) is 5.97. The van der Waals surface area contributed by atoms with E-state index in [2.05, 4.69) is 22.3 Å². The third-order valence-corrected chi connectivity index (χ3v) is 5.88. The minimum Gasteiger partial charge on any atom is -0.459 e. The zero-order valence-corrected chi connectivity index (χ0v) is 16.8. The number of hydrogen-bond donors (Lipinski definition) is 1. The van der Waals surface area contributed by atoms with Crippen LogP contribution in [0.1, 0.15) is 23.9 Å². The lowest BCUT2D eigenvalue weighted by molar-refractivity contribution is -0.137. The summed E-state index contributed by atoms with van der Waals surface area (Å²) in [6, 6.07) is 13.8. The molecule has 154 valence electrons. The highest BCUT2D eigenvalue weighted by Crippen LogP contribution is 2.19. The van der Waals surface area contributed by atoms with E-state index in [1.165, 1.54) is 6.26 Å². The van der Waals surface area contributed by atoms with Gasteiger partial charge in [0.05, 0.1) is 12.3 Å². The first-order valence-electron chi connectivity index (χ1n) is 10.3. The molecule has 1 aromatic carbocycles. The molecular weight excluding hydrogens is 368 g/mol. The van der Waals surface area contributed by atoms with Crippen molar-refractivity contribution in [1.29, 1.82) is 0 Å². The Labute approximate surface area is 171 Å². The summed E-state index contributed by atoms with van der Waals surface area (Å²) in [5.74, 6) is 0.396. The number of amides is 2. The van der Waals surface area contributed by atoms with Crippen LogP contribution in [-0.2, 0) is 4.79 Å². The second kappa shape index (κ2) is 8.69. The number of carbonyl (C=O) groups is 2. The highest BCUT2D eigenvalue weighted by Gasteiger charge is 2.33. The van der Waals surface area contributed by atoms with Crippen molar-refractivity contribution in [1.82, 2.24) is 14.7 Å². The van der Waals surface area contributed by atoms with Gasteiger partial charge in [0.15, 0.2) is 5.76 Å². The maximum atomic E-state index is 13.0. The van der Waals surface area contributed by atoms with Crippen molar-refractivity contribution in [3.63, 3.8) is 0 Å². The van der Waals surface area contributed by atoms with Gasteiger partial charge in [-0.1, -0.05) is 18.2 Å². The zero-order valence-electron chi connectivity index (χ0n) is 16.8. The predicted molar refractivity (Wildman–Crippen MR) is 111 cm³/mol. The van der Waals surface area contributed by atoms with Crippen LogP contribution in [0, 0.1) is 0 Å². The highest BCUT2D eigenvalue weighted by atomic mass is 16.3. The molecule has 1 N–H and O–H groups in total. The summed E-state index contributed by atoms with van der Waals surface area (Å²) in [6.07, 6.45) is 2.53. The smallest absolute Gasteiger partial charge is 0.289 e. The lowest BCUT2D eigenvalue weighted by Gasteiger charge is -2.37. The van der Waals surface area contributed by atoms with Gasteiger partial charge in [-0.2, -0.15) is 0 Å². The van der Waals surface area contributed by atoms with E-state index in [4.69, 9.17) is 4.42 Å². The van der Waals surface area contributed by atoms with Gasteiger partial charge in [0.25, 0.3) is 5.91 Å². The lowest BCUT2D eigenvalue weighted by atomic mass is 10.2. The summed E-state index contributed by atoms with van der Waals surface area (Å²) in [5, 5.41) is 3.56. The summed E-state index contributed by atoms with van der Waals surface area (Å²) in [5.41, 5.74) is 1.12. The third-order valence-electron chi connectivity index (χ3n) is 5.88. The fourth-order valence-electron chi connectivity index (χ4n) is 4.13. The van der Waals surface area contributed by atoms with E-state index in [1.807, 2.05) is 30.0 Å². The number of carbonyl (C=O) groups excluding carboxylic acids is 2. The van der Waals surface area contributed by atoms with Crippen molar-refractivity contribution in [2.24, 2.45) is 0 Å². The molecule has 2 fully saturated rings. The minimum atomic E-state index is -0.148. The Morgan fingerprint density at radius 1 is 1.00 bits per heavy atom. The fraction of sp³-hybridized carbons (Fsp3) is 0.455. The number of piperazine rings is 1. The van der Waals surface area contributed by atoms with E-state index >= 15 is 0 Å². The van der Waals surface area contributed by atoms with Gasteiger partial charge in [0, 0.05) is 51.0 Å². The summed E-state index contributed by atoms with van der Waals surface area (Å²) >= 11 is 0. The molecular formula is C22H28N4O3. The van der Waals surface area contributed by atoms with Gasteiger partial charge in [-0.05, 0) is 37.6 Å². The molecule has 7 nitrogen and oxygen atoms in total. The lowest BCUT2D eigenvalue weighted by Crippen LogP contribution is -2.55. The minimum absolute atomic E-state index is 0.107. The molecule has 2 unspecified atom stereocenters. The van der Waals surface area contributed by atoms with Crippen LogP contribution >= 0.6 is 0 Å². The summed E-state index contributed by atoms with van der Waals surface area (Å²) in [7, 11) is 0. The number of likely N-dealkylation sites (tertiary alicyclic amines) is 1. The Balaban J connectivity index is 1.26. The molecule has 0 spiro atoms. The summed E-state index contributed by atoms with van der Waals surface area (Å²) in [4.78, 5) is 31.3. The van der Waals surface area contributed by atoms with Gasteiger partial charge in [-0.15, -0.1) is 0 Å².